The van der Waals surface area contributed by atoms with Gasteiger partial charge in [-0.2, -0.15) is 0 Å². The summed E-state index contributed by atoms with van der Waals surface area (Å²) in [6, 6.07) is -0.870. The van der Waals surface area contributed by atoms with Crippen molar-refractivity contribution in [1.29, 1.82) is 0 Å². The molecule has 60 heavy (non-hydrogen) atoms. The summed E-state index contributed by atoms with van der Waals surface area (Å²) < 4.78 is 23.6. The summed E-state index contributed by atoms with van der Waals surface area (Å²) in [6.07, 6.45) is 54.8. The quantitative estimate of drug-likeness (QED) is 0.0244. The number of allylic oxidation sites excluding steroid dienone is 7. The molecule has 0 saturated carbocycles. The van der Waals surface area contributed by atoms with Gasteiger partial charge in [-0.05, 0) is 70.6 Å². The molecule has 0 rings (SSSR count). The first-order valence-electron chi connectivity index (χ1n) is 25.0. The van der Waals surface area contributed by atoms with Gasteiger partial charge in [-0.3, -0.25) is 13.8 Å². The number of aliphatic hydroxyl groups is 1. The highest BCUT2D eigenvalue weighted by molar-refractivity contribution is 7.47. The maximum atomic E-state index is 12.9. The van der Waals surface area contributed by atoms with E-state index in [4.69, 9.17) is 9.05 Å². The summed E-state index contributed by atoms with van der Waals surface area (Å²) >= 11 is 0. The predicted octanol–water partition coefficient (Wildman–Crippen LogP) is 14.4. The second kappa shape index (κ2) is 42.7. The van der Waals surface area contributed by atoms with E-state index in [0.717, 1.165) is 44.9 Å². The van der Waals surface area contributed by atoms with Crippen molar-refractivity contribution in [2.45, 2.75) is 231 Å². The Hall–Kier alpha value is -1.54. The van der Waals surface area contributed by atoms with Crippen LogP contribution in [0.3, 0.4) is 0 Å². The fourth-order valence-electron chi connectivity index (χ4n) is 7.01. The molecule has 0 aliphatic carbocycles. The maximum Gasteiger partial charge on any atom is 0.472 e. The number of likely N-dealkylation sites (N-methyl/N-ethyl adjacent to an activating group) is 1. The number of nitrogens with one attached hydrogen (secondary N) is 1. The van der Waals surface area contributed by atoms with E-state index in [2.05, 4.69) is 55.6 Å². The summed E-state index contributed by atoms with van der Waals surface area (Å²) in [5, 5.41) is 13.8. The van der Waals surface area contributed by atoms with Crippen molar-refractivity contribution in [2.75, 3.05) is 40.9 Å². The lowest BCUT2D eigenvalue weighted by Gasteiger charge is -2.25. The number of amides is 1. The standard InChI is InChI=1S/C51H97N2O6P/c1-6-8-10-12-14-16-18-20-22-24-25-26-27-29-31-33-35-37-39-41-43-45-51(55)52-49(48-59-60(56,57)58-47-46-53(3,4)5)50(54)44-42-40-38-36-34-32-30-28-23-21-19-17-15-13-11-9-7-2/h23-25,28,34,36,42,44,49-50,54H,6-22,26-27,29-33,35,37-41,43,45-48H2,1-5H3,(H-,52,55,56,57)/p+1/b25-24-,28-23+,36-34+,44-42+. The van der Waals surface area contributed by atoms with Crippen LogP contribution in [0.2, 0.25) is 0 Å². The Morgan fingerprint density at radius 1 is 0.550 bits per heavy atom. The summed E-state index contributed by atoms with van der Waals surface area (Å²) in [5.41, 5.74) is 0. The van der Waals surface area contributed by atoms with Crippen LogP contribution in [0.25, 0.3) is 0 Å². The van der Waals surface area contributed by atoms with Gasteiger partial charge in [0, 0.05) is 6.42 Å². The SMILES string of the molecule is CCCCCCCCC/C=C/CC/C=C/CC/C=C/C(O)C(COP(=O)(O)OCC[N+](C)(C)C)NC(=O)CCCCCCCCCCC/C=C\CCCCCCCCCC. The van der Waals surface area contributed by atoms with Gasteiger partial charge in [-0.15, -0.1) is 0 Å². The number of carbonyl (C=O) groups is 1. The fourth-order valence-corrected chi connectivity index (χ4v) is 7.74. The largest absolute Gasteiger partial charge is 0.472 e. The molecule has 0 aromatic rings. The third-order valence-corrected chi connectivity index (χ3v) is 12.0. The summed E-state index contributed by atoms with van der Waals surface area (Å²) in [7, 11) is 1.54. The van der Waals surface area contributed by atoms with Crippen LogP contribution in [0.5, 0.6) is 0 Å². The number of carbonyl (C=O) groups excluding carboxylic acids is 1. The predicted molar refractivity (Wildman–Crippen MR) is 258 cm³/mol. The molecule has 0 spiro atoms. The number of rotatable bonds is 45. The Labute approximate surface area is 371 Å². The van der Waals surface area contributed by atoms with Crippen molar-refractivity contribution in [2.24, 2.45) is 0 Å². The zero-order valence-electron chi connectivity index (χ0n) is 39.9. The number of hydrogen-bond acceptors (Lipinski definition) is 5. The topological polar surface area (TPSA) is 105 Å². The third-order valence-electron chi connectivity index (χ3n) is 11.0. The molecule has 8 nitrogen and oxygen atoms in total. The smallest absolute Gasteiger partial charge is 0.387 e. The second-order valence-corrected chi connectivity index (χ2v) is 19.6. The molecule has 3 atom stereocenters. The van der Waals surface area contributed by atoms with Gasteiger partial charge in [-0.1, -0.05) is 191 Å². The van der Waals surface area contributed by atoms with Gasteiger partial charge in [0.05, 0.1) is 39.9 Å². The fraction of sp³-hybridized carbons (Fsp3) is 0.824. The molecular formula is C51H98N2O6P+. The van der Waals surface area contributed by atoms with Crippen molar-refractivity contribution >= 4 is 13.7 Å². The Bertz CT molecular complexity index is 1120. The average Bonchev–Trinajstić information content (AvgIpc) is 3.20. The van der Waals surface area contributed by atoms with Gasteiger partial charge >= 0.3 is 7.82 Å². The van der Waals surface area contributed by atoms with Crippen LogP contribution in [-0.2, 0) is 18.4 Å². The van der Waals surface area contributed by atoms with Gasteiger partial charge in [-0.25, -0.2) is 4.57 Å². The molecule has 0 bridgehead atoms. The molecule has 0 aliphatic heterocycles. The summed E-state index contributed by atoms with van der Waals surface area (Å²) in [5.74, 6) is -0.194. The number of phosphoric acid groups is 1. The third kappa shape index (κ3) is 44.5. The van der Waals surface area contributed by atoms with E-state index in [1.54, 1.807) is 6.08 Å². The second-order valence-electron chi connectivity index (χ2n) is 18.2. The van der Waals surface area contributed by atoms with Crippen LogP contribution in [0.1, 0.15) is 219 Å². The zero-order chi connectivity index (χ0) is 44.3. The van der Waals surface area contributed by atoms with Crippen LogP contribution in [0.15, 0.2) is 48.6 Å². The number of hydrogen-bond donors (Lipinski definition) is 3. The van der Waals surface area contributed by atoms with E-state index < -0.39 is 20.0 Å². The number of quaternary nitrogens is 1. The Morgan fingerprint density at radius 3 is 1.33 bits per heavy atom. The molecule has 9 heteroatoms. The van der Waals surface area contributed by atoms with Crippen LogP contribution < -0.4 is 5.32 Å². The van der Waals surface area contributed by atoms with Crippen molar-refractivity contribution in [3.63, 3.8) is 0 Å². The van der Waals surface area contributed by atoms with E-state index in [1.807, 2.05) is 27.2 Å². The van der Waals surface area contributed by atoms with Crippen molar-refractivity contribution in [1.82, 2.24) is 5.32 Å². The molecule has 3 unspecified atom stereocenters. The van der Waals surface area contributed by atoms with E-state index in [-0.39, 0.29) is 19.1 Å². The van der Waals surface area contributed by atoms with Gasteiger partial charge < -0.3 is 19.8 Å². The van der Waals surface area contributed by atoms with Crippen LogP contribution >= 0.6 is 7.82 Å². The van der Waals surface area contributed by atoms with Crippen molar-refractivity contribution < 1.29 is 32.9 Å². The van der Waals surface area contributed by atoms with E-state index in [1.165, 1.54) is 154 Å². The number of nitrogens with zero attached hydrogens (tertiary/aromatic N) is 1. The average molecular weight is 866 g/mol. The van der Waals surface area contributed by atoms with Crippen LogP contribution in [-0.4, -0.2) is 73.4 Å². The van der Waals surface area contributed by atoms with E-state index in [9.17, 15) is 19.4 Å². The molecule has 3 N–H and O–H groups in total. The first-order chi connectivity index (χ1) is 29.0. The molecule has 0 aromatic carbocycles. The first kappa shape index (κ1) is 58.5. The highest BCUT2D eigenvalue weighted by Gasteiger charge is 2.27. The van der Waals surface area contributed by atoms with Gasteiger partial charge in [0.1, 0.15) is 13.2 Å². The molecule has 0 heterocycles. The Kier molecular flexibility index (Phi) is 41.6. The van der Waals surface area contributed by atoms with Crippen molar-refractivity contribution in [3.8, 4) is 0 Å². The molecule has 1 amide bonds. The lowest BCUT2D eigenvalue weighted by molar-refractivity contribution is -0.870. The van der Waals surface area contributed by atoms with Crippen LogP contribution in [0, 0.1) is 0 Å². The minimum absolute atomic E-state index is 0.0525. The first-order valence-corrected chi connectivity index (χ1v) is 26.5. The molecule has 0 radical (unpaired) electrons. The summed E-state index contributed by atoms with van der Waals surface area (Å²) in [6.45, 7) is 4.78. The Morgan fingerprint density at radius 2 is 0.917 bits per heavy atom. The summed E-state index contributed by atoms with van der Waals surface area (Å²) in [4.78, 5) is 23.2. The molecule has 0 aliphatic rings. The maximum absolute atomic E-state index is 12.9. The zero-order valence-corrected chi connectivity index (χ0v) is 40.8. The number of phosphoric ester groups is 1. The van der Waals surface area contributed by atoms with E-state index >= 15 is 0 Å². The van der Waals surface area contributed by atoms with Gasteiger partial charge in [0.2, 0.25) is 5.91 Å². The van der Waals surface area contributed by atoms with E-state index in [0.29, 0.717) is 17.4 Å². The van der Waals surface area contributed by atoms with Gasteiger partial charge in [0.25, 0.3) is 0 Å². The normalized spacial score (nSPS) is 14.6. The molecule has 0 aromatic heterocycles. The lowest BCUT2D eigenvalue weighted by Crippen LogP contribution is -2.45. The Balaban J connectivity index is 4.39. The van der Waals surface area contributed by atoms with Crippen molar-refractivity contribution in [3.05, 3.63) is 48.6 Å². The van der Waals surface area contributed by atoms with Crippen LogP contribution in [0.4, 0.5) is 0 Å². The molecule has 352 valence electrons. The van der Waals surface area contributed by atoms with Gasteiger partial charge in [0.15, 0.2) is 0 Å². The minimum Gasteiger partial charge on any atom is -0.387 e. The molecular weight excluding hydrogens is 768 g/mol. The number of aliphatic hydroxyl groups excluding tert-OH is 1. The number of unbranched alkanes of at least 4 members (excludes halogenated alkanes) is 26. The lowest BCUT2D eigenvalue weighted by atomic mass is 10.0. The minimum atomic E-state index is -4.35. The monoisotopic (exact) mass is 866 g/mol. The molecule has 0 fully saturated rings. The highest BCUT2D eigenvalue weighted by atomic mass is 31.2. The molecule has 0 saturated heterocycles. The highest BCUT2D eigenvalue weighted by Crippen LogP contribution is 2.43.